The monoisotopic (exact) mass is 401 g/mol. The van der Waals surface area contributed by atoms with E-state index in [1.165, 1.54) is 35.0 Å². The maximum Gasteiger partial charge on any atom is 0.272 e. The number of aryl methyl sites for hydroxylation is 1. The van der Waals surface area contributed by atoms with Gasteiger partial charge in [-0.15, -0.1) is 0 Å². The van der Waals surface area contributed by atoms with Crippen molar-refractivity contribution < 1.29 is 18.5 Å². The van der Waals surface area contributed by atoms with Gasteiger partial charge in [0, 0.05) is 24.5 Å². The summed E-state index contributed by atoms with van der Waals surface area (Å²) in [6.45, 7) is 3.38. The molecule has 1 aliphatic rings. The lowest BCUT2D eigenvalue weighted by Gasteiger charge is -2.13. The zero-order valence-corrected chi connectivity index (χ0v) is 15.5. The van der Waals surface area contributed by atoms with E-state index in [4.69, 9.17) is 10.0 Å². The van der Waals surface area contributed by atoms with Crippen molar-refractivity contribution in [2.75, 3.05) is 5.32 Å². The minimum absolute atomic E-state index is 0.0805. The summed E-state index contributed by atoms with van der Waals surface area (Å²) in [6.07, 6.45) is 4.32. The highest BCUT2D eigenvalue weighted by Crippen LogP contribution is 2.28. The standard InChI is InChI=1S/C18H16FN5O3S/c1-10(25)15-6-4-13-16(28(21,27)23-15)9-24(2)17(13)18(26)22-12-3-5-14(19)11(7-12)8-20/h3-7,9,15,25H,1H2,2H3,(H,22,26)(H2,21,23,27)/t15-,28?/m1/s1. The maximum atomic E-state index is 13.5. The van der Waals surface area contributed by atoms with Crippen molar-refractivity contribution in [3.05, 3.63) is 65.4 Å². The predicted molar refractivity (Wildman–Crippen MR) is 101 cm³/mol. The average Bonchev–Trinajstić information content (AvgIpc) is 2.90. The van der Waals surface area contributed by atoms with Crippen molar-refractivity contribution >= 4 is 27.6 Å². The number of aromatic nitrogens is 1. The molecule has 1 aromatic heterocycles. The Balaban J connectivity index is 2.04. The molecule has 0 bridgehead atoms. The quantitative estimate of drug-likeness (QED) is 0.589. The fraction of sp³-hybridized carbons (Fsp3) is 0.111. The Hall–Kier alpha value is -3.42. The Morgan fingerprint density at radius 2 is 2.25 bits per heavy atom. The molecule has 1 aromatic carbocycles. The molecule has 1 aliphatic heterocycles. The van der Waals surface area contributed by atoms with Gasteiger partial charge in [-0.2, -0.15) is 5.26 Å². The van der Waals surface area contributed by atoms with E-state index in [0.29, 0.717) is 0 Å². The number of aliphatic hydroxyl groups is 1. The maximum absolute atomic E-state index is 13.5. The Morgan fingerprint density at radius 3 is 2.89 bits per heavy atom. The van der Waals surface area contributed by atoms with Crippen LogP contribution in [0, 0.1) is 21.9 Å². The third-order valence-electron chi connectivity index (χ3n) is 4.16. The summed E-state index contributed by atoms with van der Waals surface area (Å²) in [7, 11) is -1.97. The molecule has 4 N–H and O–H groups in total. The van der Waals surface area contributed by atoms with Gasteiger partial charge in [-0.3, -0.25) is 4.79 Å². The summed E-state index contributed by atoms with van der Waals surface area (Å²) < 4.78 is 38.3. The highest BCUT2D eigenvalue weighted by molar-refractivity contribution is 7.90. The van der Waals surface area contributed by atoms with E-state index in [1.807, 2.05) is 0 Å². The van der Waals surface area contributed by atoms with Crippen LogP contribution in [-0.4, -0.2) is 25.8 Å². The van der Waals surface area contributed by atoms with Crippen LogP contribution in [0.2, 0.25) is 0 Å². The van der Waals surface area contributed by atoms with Gasteiger partial charge in [0.15, 0.2) is 0 Å². The zero-order valence-electron chi connectivity index (χ0n) is 14.7. The predicted octanol–water partition coefficient (Wildman–Crippen LogP) is 2.67. The number of nitrogens with one attached hydrogen (secondary N) is 3. The number of benzene rings is 1. The number of carbonyl (C=O) groups is 1. The number of nitrogens with zero attached hydrogens (tertiary/aromatic N) is 2. The summed E-state index contributed by atoms with van der Waals surface area (Å²) >= 11 is 0. The van der Waals surface area contributed by atoms with Gasteiger partial charge in [0.1, 0.15) is 33.3 Å². The van der Waals surface area contributed by atoms with Crippen LogP contribution in [0.4, 0.5) is 10.1 Å². The van der Waals surface area contributed by atoms with Crippen LogP contribution in [0.3, 0.4) is 0 Å². The van der Waals surface area contributed by atoms with E-state index in [0.717, 1.165) is 6.07 Å². The van der Waals surface area contributed by atoms with Crippen molar-refractivity contribution in [3.8, 4) is 6.07 Å². The van der Waals surface area contributed by atoms with E-state index in [2.05, 4.69) is 16.6 Å². The van der Waals surface area contributed by atoms with Gasteiger partial charge in [-0.25, -0.2) is 18.1 Å². The number of nitriles is 1. The molecule has 3 rings (SSSR count). The van der Waals surface area contributed by atoms with Gasteiger partial charge in [0.2, 0.25) is 0 Å². The van der Waals surface area contributed by atoms with Crippen LogP contribution in [0.5, 0.6) is 0 Å². The molecule has 0 fully saturated rings. The van der Waals surface area contributed by atoms with Crippen LogP contribution in [0.1, 0.15) is 21.6 Å². The molecule has 2 atom stereocenters. The first-order chi connectivity index (χ1) is 13.1. The Morgan fingerprint density at radius 1 is 1.54 bits per heavy atom. The van der Waals surface area contributed by atoms with E-state index in [-0.39, 0.29) is 33.2 Å². The largest absolute Gasteiger partial charge is 0.511 e. The lowest BCUT2D eigenvalue weighted by molar-refractivity contribution is 0.101. The van der Waals surface area contributed by atoms with Gasteiger partial charge in [-0.1, -0.05) is 18.7 Å². The fourth-order valence-corrected chi connectivity index (χ4v) is 4.30. The molecule has 2 heterocycles. The van der Waals surface area contributed by atoms with Crippen LogP contribution in [0.15, 0.2) is 47.7 Å². The third kappa shape index (κ3) is 3.40. The summed E-state index contributed by atoms with van der Waals surface area (Å²) in [4.78, 5) is 12.9. The first-order valence-corrected chi connectivity index (χ1v) is 9.52. The normalized spacial score (nSPS) is 20.7. The molecule has 0 saturated carbocycles. The highest BCUT2D eigenvalue weighted by atomic mass is 32.2. The number of anilines is 1. The molecule has 10 heteroatoms. The molecule has 144 valence electrons. The minimum Gasteiger partial charge on any atom is -0.511 e. The van der Waals surface area contributed by atoms with Crippen LogP contribution in [-0.2, 0) is 17.0 Å². The number of hydrogen-bond acceptors (Lipinski definition) is 5. The molecule has 0 spiro atoms. The second-order valence-corrected chi connectivity index (χ2v) is 7.92. The fourth-order valence-electron chi connectivity index (χ4n) is 2.82. The summed E-state index contributed by atoms with van der Waals surface area (Å²) in [6, 6.07) is 4.36. The Bertz CT molecular complexity index is 1170. The average molecular weight is 401 g/mol. The zero-order chi connectivity index (χ0) is 20.6. The lowest BCUT2D eigenvalue weighted by Crippen LogP contribution is -2.32. The van der Waals surface area contributed by atoms with Crippen molar-refractivity contribution in [3.63, 3.8) is 0 Å². The first-order valence-electron chi connectivity index (χ1n) is 7.96. The highest BCUT2D eigenvalue weighted by Gasteiger charge is 2.29. The minimum atomic E-state index is -3.52. The van der Waals surface area contributed by atoms with E-state index in [1.54, 1.807) is 13.1 Å². The molecular weight excluding hydrogens is 385 g/mol. The summed E-state index contributed by atoms with van der Waals surface area (Å²) in [5, 5.41) is 21.1. The number of amides is 1. The second kappa shape index (κ2) is 6.95. The van der Waals surface area contributed by atoms with Gasteiger partial charge < -0.3 is 15.0 Å². The number of hydrogen-bond donors (Lipinski definition) is 4. The molecule has 0 saturated heterocycles. The summed E-state index contributed by atoms with van der Waals surface area (Å²) in [5.74, 6) is -1.61. The Kier molecular flexibility index (Phi) is 4.80. The number of fused-ring (bicyclic) bond motifs is 1. The third-order valence-corrected chi connectivity index (χ3v) is 5.69. The molecule has 1 unspecified atom stereocenters. The number of halogens is 1. The van der Waals surface area contributed by atoms with Crippen LogP contribution >= 0.6 is 0 Å². The van der Waals surface area contributed by atoms with Crippen molar-refractivity contribution in [1.29, 1.82) is 10.0 Å². The lowest BCUT2D eigenvalue weighted by atomic mass is 10.1. The smallest absolute Gasteiger partial charge is 0.272 e. The first kappa shape index (κ1) is 19.3. The van der Waals surface area contributed by atoms with Gasteiger partial charge in [-0.05, 0) is 18.2 Å². The summed E-state index contributed by atoms with van der Waals surface area (Å²) in [5.41, 5.74) is 0.354. The number of rotatable bonds is 3. The molecule has 28 heavy (non-hydrogen) atoms. The van der Waals surface area contributed by atoms with Gasteiger partial charge in [0.25, 0.3) is 5.91 Å². The second-order valence-electron chi connectivity index (χ2n) is 6.13. The topological polar surface area (TPSA) is 131 Å². The molecule has 1 amide bonds. The molecule has 8 nitrogen and oxygen atoms in total. The molecule has 2 aromatic rings. The van der Waals surface area contributed by atoms with Gasteiger partial charge >= 0.3 is 0 Å². The van der Waals surface area contributed by atoms with Crippen molar-refractivity contribution in [2.24, 2.45) is 7.05 Å². The van der Waals surface area contributed by atoms with E-state index >= 15 is 0 Å². The van der Waals surface area contributed by atoms with Crippen LogP contribution in [0.25, 0.3) is 6.08 Å². The van der Waals surface area contributed by atoms with E-state index < -0.39 is 27.7 Å². The Labute approximate surface area is 160 Å². The number of carbonyl (C=O) groups excluding carboxylic acids is 1. The van der Waals surface area contributed by atoms with Gasteiger partial charge in [0.05, 0.1) is 16.5 Å². The molecule has 0 aliphatic carbocycles. The SMILES string of the molecule is C=C(O)[C@H]1C=Cc2c(cn(C)c2C(=O)Nc2ccc(F)c(C#N)c2)S(=N)(=O)N1. The van der Waals surface area contributed by atoms with E-state index in [9.17, 15) is 18.5 Å². The van der Waals surface area contributed by atoms with Crippen molar-refractivity contribution in [1.82, 2.24) is 9.29 Å². The number of aliphatic hydroxyl groups excluding tert-OH is 1. The van der Waals surface area contributed by atoms with Crippen LogP contribution < -0.4 is 10.0 Å². The van der Waals surface area contributed by atoms with Crippen molar-refractivity contribution in [2.45, 2.75) is 10.9 Å². The molecular formula is C18H16FN5O3S. The molecule has 0 radical (unpaired) electrons.